The minimum absolute atomic E-state index is 0.154. The SMILES string of the molecule is C=CCn1c(-c2cc(C)oc2C)cn2cc(C(=O)NCc3cc(C)[nH]n3)nc2c1=O. The highest BCUT2D eigenvalue weighted by atomic mass is 16.3. The van der Waals surface area contributed by atoms with Gasteiger partial charge in [-0.15, -0.1) is 6.58 Å². The average molecular weight is 406 g/mol. The second kappa shape index (κ2) is 7.51. The van der Waals surface area contributed by atoms with E-state index in [-0.39, 0.29) is 29.4 Å². The zero-order chi connectivity index (χ0) is 21.4. The Hall–Kier alpha value is -3.88. The third kappa shape index (κ3) is 3.45. The van der Waals surface area contributed by atoms with Gasteiger partial charge >= 0.3 is 0 Å². The standard InChI is InChI=1S/C21H22N6O3/c1-5-6-27-18(16-8-13(3)30-14(16)4)11-26-10-17(23-19(26)21(27)29)20(28)22-9-15-7-12(2)24-25-15/h5,7-8,10-11H,1,6,9H2,2-4H3,(H,22,28)(H,24,25). The van der Waals surface area contributed by atoms with Crippen LogP contribution in [0.2, 0.25) is 0 Å². The lowest BCUT2D eigenvalue weighted by Crippen LogP contribution is -2.24. The van der Waals surface area contributed by atoms with E-state index in [1.807, 2.05) is 32.9 Å². The number of nitrogens with zero attached hydrogens (tertiary/aromatic N) is 4. The van der Waals surface area contributed by atoms with Crippen molar-refractivity contribution in [2.45, 2.75) is 33.9 Å². The molecule has 0 aliphatic rings. The first kappa shape index (κ1) is 19.4. The largest absolute Gasteiger partial charge is 0.466 e. The van der Waals surface area contributed by atoms with E-state index in [1.54, 1.807) is 27.4 Å². The Morgan fingerprint density at radius 2 is 2.10 bits per heavy atom. The summed E-state index contributed by atoms with van der Waals surface area (Å²) >= 11 is 0. The summed E-state index contributed by atoms with van der Waals surface area (Å²) in [4.78, 5) is 29.9. The van der Waals surface area contributed by atoms with Gasteiger partial charge in [-0.3, -0.25) is 23.7 Å². The Morgan fingerprint density at radius 1 is 1.30 bits per heavy atom. The Morgan fingerprint density at radius 3 is 2.73 bits per heavy atom. The Labute approximate surface area is 172 Å². The van der Waals surface area contributed by atoms with Gasteiger partial charge < -0.3 is 9.73 Å². The number of carbonyl (C=O) groups excluding carboxylic acids is 1. The van der Waals surface area contributed by atoms with E-state index in [2.05, 4.69) is 27.1 Å². The first-order valence-corrected chi connectivity index (χ1v) is 9.47. The highest BCUT2D eigenvalue weighted by Gasteiger charge is 2.19. The highest BCUT2D eigenvalue weighted by molar-refractivity contribution is 5.92. The lowest BCUT2D eigenvalue weighted by molar-refractivity contribution is 0.0946. The maximum atomic E-state index is 13.1. The van der Waals surface area contributed by atoms with Gasteiger partial charge in [0.05, 0.1) is 17.9 Å². The molecule has 4 aromatic rings. The summed E-state index contributed by atoms with van der Waals surface area (Å²) in [5, 5.41) is 9.69. The molecule has 154 valence electrons. The Bertz CT molecular complexity index is 1320. The first-order valence-electron chi connectivity index (χ1n) is 9.47. The molecule has 0 bridgehead atoms. The number of H-pyrrole nitrogens is 1. The second-order valence-corrected chi connectivity index (χ2v) is 7.13. The van der Waals surface area contributed by atoms with Gasteiger partial charge in [-0.2, -0.15) is 5.10 Å². The number of hydrogen-bond donors (Lipinski definition) is 2. The van der Waals surface area contributed by atoms with Crippen LogP contribution < -0.4 is 10.9 Å². The lowest BCUT2D eigenvalue weighted by atomic mass is 10.2. The molecule has 0 fully saturated rings. The van der Waals surface area contributed by atoms with Crippen LogP contribution >= 0.6 is 0 Å². The van der Waals surface area contributed by atoms with Gasteiger partial charge in [0.25, 0.3) is 11.5 Å². The molecule has 0 spiro atoms. The van der Waals surface area contributed by atoms with Crippen LogP contribution in [0.4, 0.5) is 0 Å². The summed E-state index contributed by atoms with van der Waals surface area (Å²) in [6.45, 7) is 9.90. The number of aryl methyl sites for hydroxylation is 3. The number of nitrogens with one attached hydrogen (secondary N) is 2. The van der Waals surface area contributed by atoms with Crippen LogP contribution in [0.5, 0.6) is 0 Å². The molecule has 4 rings (SSSR count). The first-order chi connectivity index (χ1) is 14.4. The number of carbonyl (C=O) groups is 1. The van der Waals surface area contributed by atoms with Crippen molar-refractivity contribution in [3.63, 3.8) is 0 Å². The molecule has 0 atom stereocenters. The van der Waals surface area contributed by atoms with Crippen LogP contribution in [0.15, 0.2) is 46.4 Å². The maximum absolute atomic E-state index is 13.1. The van der Waals surface area contributed by atoms with Gasteiger partial charge in [0, 0.05) is 30.2 Å². The molecule has 0 aliphatic carbocycles. The predicted octanol–water partition coefficient (Wildman–Crippen LogP) is 2.52. The van der Waals surface area contributed by atoms with Crippen LogP contribution in [-0.2, 0) is 13.1 Å². The number of aromatic nitrogens is 5. The third-order valence-corrected chi connectivity index (χ3v) is 4.77. The molecular weight excluding hydrogens is 384 g/mol. The summed E-state index contributed by atoms with van der Waals surface area (Å²) in [6.07, 6.45) is 4.97. The Balaban J connectivity index is 1.74. The number of fused-ring (bicyclic) bond motifs is 1. The molecule has 0 saturated heterocycles. The molecular formula is C21H22N6O3. The fraction of sp³-hybridized carbons (Fsp3) is 0.238. The lowest BCUT2D eigenvalue weighted by Gasteiger charge is -2.11. The van der Waals surface area contributed by atoms with Crippen LogP contribution in [0.1, 0.15) is 33.4 Å². The monoisotopic (exact) mass is 406 g/mol. The van der Waals surface area contributed by atoms with Gasteiger partial charge in [0.1, 0.15) is 17.2 Å². The fourth-order valence-corrected chi connectivity index (χ4v) is 3.43. The number of imidazole rings is 1. The van der Waals surface area contributed by atoms with E-state index in [0.717, 1.165) is 17.0 Å². The van der Waals surface area contributed by atoms with Gasteiger partial charge in [-0.05, 0) is 32.9 Å². The summed E-state index contributed by atoms with van der Waals surface area (Å²) < 4.78 is 8.78. The van der Waals surface area contributed by atoms with Crippen molar-refractivity contribution in [2.75, 3.05) is 0 Å². The zero-order valence-electron chi connectivity index (χ0n) is 17.0. The van der Waals surface area contributed by atoms with Crippen molar-refractivity contribution >= 4 is 11.6 Å². The van der Waals surface area contributed by atoms with Crippen LogP contribution in [-0.4, -0.2) is 30.1 Å². The van der Waals surface area contributed by atoms with Gasteiger partial charge in [-0.1, -0.05) is 6.08 Å². The molecule has 30 heavy (non-hydrogen) atoms. The molecule has 1 amide bonds. The van der Waals surface area contributed by atoms with Crippen LogP contribution in [0.3, 0.4) is 0 Å². The minimum Gasteiger partial charge on any atom is -0.466 e. The van der Waals surface area contributed by atoms with E-state index in [0.29, 0.717) is 23.7 Å². The molecule has 0 radical (unpaired) electrons. The second-order valence-electron chi connectivity index (χ2n) is 7.13. The molecule has 2 N–H and O–H groups in total. The third-order valence-electron chi connectivity index (χ3n) is 4.77. The number of furan rings is 1. The van der Waals surface area contributed by atoms with Crippen molar-refractivity contribution in [2.24, 2.45) is 0 Å². The van der Waals surface area contributed by atoms with Gasteiger partial charge in [0.15, 0.2) is 0 Å². The number of aromatic amines is 1. The molecule has 4 aromatic heterocycles. The molecule has 0 aliphatic heterocycles. The minimum atomic E-state index is -0.383. The molecule has 0 saturated carbocycles. The summed E-state index contributed by atoms with van der Waals surface area (Å²) in [5.41, 5.74) is 3.10. The number of rotatable bonds is 6. The summed E-state index contributed by atoms with van der Waals surface area (Å²) in [5.74, 6) is 1.07. The summed E-state index contributed by atoms with van der Waals surface area (Å²) in [7, 11) is 0. The van der Waals surface area contributed by atoms with Crippen molar-refractivity contribution in [1.29, 1.82) is 0 Å². The van der Waals surface area contributed by atoms with E-state index in [4.69, 9.17) is 4.42 Å². The molecule has 9 nitrogen and oxygen atoms in total. The zero-order valence-corrected chi connectivity index (χ0v) is 17.0. The van der Waals surface area contributed by atoms with Gasteiger partial charge in [-0.25, -0.2) is 4.98 Å². The quantitative estimate of drug-likeness (QED) is 0.478. The molecule has 9 heteroatoms. The summed E-state index contributed by atoms with van der Waals surface area (Å²) in [6, 6.07) is 3.73. The maximum Gasteiger partial charge on any atom is 0.295 e. The van der Waals surface area contributed by atoms with E-state index < -0.39 is 0 Å². The Kier molecular flexibility index (Phi) is 4.86. The normalized spacial score (nSPS) is 11.2. The van der Waals surface area contributed by atoms with Crippen LogP contribution in [0, 0.1) is 20.8 Å². The number of amides is 1. The van der Waals surface area contributed by atoms with E-state index in [9.17, 15) is 9.59 Å². The molecule has 4 heterocycles. The highest BCUT2D eigenvalue weighted by Crippen LogP contribution is 2.26. The van der Waals surface area contributed by atoms with Crippen molar-refractivity contribution in [1.82, 2.24) is 29.5 Å². The fourth-order valence-electron chi connectivity index (χ4n) is 3.43. The topological polar surface area (TPSA) is 110 Å². The number of hydrogen-bond acceptors (Lipinski definition) is 5. The average Bonchev–Trinajstić information content (AvgIpc) is 3.40. The van der Waals surface area contributed by atoms with Crippen LogP contribution in [0.25, 0.3) is 16.9 Å². The van der Waals surface area contributed by atoms with Crippen molar-refractivity contribution in [3.8, 4) is 11.3 Å². The predicted molar refractivity (Wildman–Crippen MR) is 111 cm³/mol. The van der Waals surface area contributed by atoms with Crippen molar-refractivity contribution < 1.29 is 9.21 Å². The van der Waals surface area contributed by atoms with Crippen molar-refractivity contribution in [3.05, 3.63) is 76.1 Å². The smallest absolute Gasteiger partial charge is 0.295 e. The molecule has 0 unspecified atom stereocenters. The van der Waals surface area contributed by atoms with E-state index >= 15 is 0 Å². The molecule has 0 aromatic carbocycles. The van der Waals surface area contributed by atoms with Gasteiger partial charge in [0.2, 0.25) is 5.65 Å². The van der Waals surface area contributed by atoms with E-state index in [1.165, 1.54) is 0 Å². The number of allylic oxidation sites excluding steroid dienone is 1.